The van der Waals surface area contributed by atoms with Crippen molar-refractivity contribution in [2.75, 3.05) is 26.4 Å². The van der Waals surface area contributed by atoms with E-state index in [-0.39, 0.29) is 11.7 Å². The molecule has 6 heteroatoms. The molecule has 1 unspecified atom stereocenters. The third kappa shape index (κ3) is 18.6. The molecular weight excluding hydrogens is 372 g/mol. The molecule has 0 aliphatic heterocycles. The summed E-state index contributed by atoms with van der Waals surface area (Å²) in [6, 6.07) is -0.876. The van der Waals surface area contributed by atoms with E-state index in [0.29, 0.717) is 6.42 Å². The number of thiol groups is 1. The van der Waals surface area contributed by atoms with Crippen molar-refractivity contribution in [2.24, 2.45) is 0 Å². The molecule has 1 atom stereocenters. The second kappa shape index (κ2) is 19.6. The molecule has 0 bridgehead atoms. The summed E-state index contributed by atoms with van der Waals surface area (Å²) in [5, 5.41) is 11.4. The molecule has 0 radical (unpaired) electrons. The Balaban J connectivity index is 3.25. The van der Waals surface area contributed by atoms with Crippen LogP contribution in [-0.4, -0.2) is 54.3 Å². The molecule has 0 aromatic rings. The number of carbonyl (C=O) groups excluding carboxylic acids is 1. The molecule has 2 N–H and O–H groups in total. The number of nitrogens with one attached hydrogen (secondary N) is 1. The van der Waals surface area contributed by atoms with Crippen LogP contribution in [0.5, 0.6) is 0 Å². The first kappa shape index (κ1) is 27.2. The first-order valence-electron chi connectivity index (χ1n) is 11.2. The summed E-state index contributed by atoms with van der Waals surface area (Å²) in [7, 11) is 4.28. The minimum Gasteiger partial charge on any atom is -0.480 e. The van der Waals surface area contributed by atoms with Crippen LogP contribution in [0.2, 0.25) is 0 Å². The fourth-order valence-corrected chi connectivity index (χ4v) is 3.53. The lowest BCUT2D eigenvalue weighted by molar-refractivity contribution is -0.141. The molecule has 0 spiro atoms. The lowest BCUT2D eigenvalue weighted by Gasteiger charge is -2.11. The number of carbonyl (C=O) groups is 2. The zero-order valence-corrected chi connectivity index (χ0v) is 19.2. The number of amides is 1. The van der Waals surface area contributed by atoms with Gasteiger partial charge in [0.05, 0.1) is 0 Å². The standard InChI is InChI=1S/C22H44N2O3S/c1-24(2)18-16-14-12-10-8-6-4-3-5-7-9-11-13-15-17-21(25)23-20(19-28)22(26)27/h20,28H,3-19H2,1-2H3,(H,23,25)(H,26,27). The number of unbranched alkanes of at least 4 members (excludes halogenated alkanes) is 13. The Labute approximate surface area is 178 Å². The van der Waals surface area contributed by atoms with E-state index < -0.39 is 12.0 Å². The quantitative estimate of drug-likeness (QED) is 0.195. The van der Waals surface area contributed by atoms with Crippen LogP contribution in [-0.2, 0) is 9.59 Å². The topological polar surface area (TPSA) is 69.6 Å². The SMILES string of the molecule is CN(C)CCCCCCCCCCCCCCCCC(=O)NC(CS)C(=O)O. The molecule has 0 saturated carbocycles. The first-order valence-corrected chi connectivity index (χ1v) is 11.9. The number of carboxylic acid groups (broad SMARTS) is 1. The van der Waals surface area contributed by atoms with Crippen molar-refractivity contribution in [1.29, 1.82) is 0 Å². The summed E-state index contributed by atoms with van der Waals surface area (Å²) in [4.78, 5) is 24.8. The predicted octanol–water partition coefficient (Wildman–Crippen LogP) is 4.90. The van der Waals surface area contributed by atoms with Crippen molar-refractivity contribution in [2.45, 2.75) is 102 Å². The normalized spacial score (nSPS) is 12.3. The highest BCUT2D eigenvalue weighted by molar-refractivity contribution is 7.80. The Morgan fingerprint density at radius 3 is 1.54 bits per heavy atom. The number of rotatable bonds is 20. The highest BCUT2D eigenvalue weighted by atomic mass is 32.1. The fraction of sp³-hybridized carbons (Fsp3) is 0.909. The van der Waals surface area contributed by atoms with Gasteiger partial charge < -0.3 is 15.3 Å². The van der Waals surface area contributed by atoms with Crippen molar-refractivity contribution in [3.05, 3.63) is 0 Å². The summed E-state index contributed by atoms with van der Waals surface area (Å²) >= 11 is 3.94. The van der Waals surface area contributed by atoms with Gasteiger partial charge in [-0.15, -0.1) is 0 Å². The van der Waals surface area contributed by atoms with E-state index in [1.165, 1.54) is 77.2 Å². The monoisotopic (exact) mass is 416 g/mol. The van der Waals surface area contributed by atoms with Gasteiger partial charge in [-0.3, -0.25) is 4.79 Å². The molecule has 0 aromatic carbocycles. The third-order valence-corrected chi connectivity index (χ3v) is 5.44. The lowest BCUT2D eigenvalue weighted by Crippen LogP contribution is -2.42. The van der Waals surface area contributed by atoms with Crippen LogP contribution in [0.25, 0.3) is 0 Å². The Bertz CT molecular complexity index is 392. The number of carboxylic acids is 1. The lowest BCUT2D eigenvalue weighted by atomic mass is 10.0. The Hall–Kier alpha value is -0.750. The van der Waals surface area contributed by atoms with Gasteiger partial charge in [-0.2, -0.15) is 12.6 Å². The minimum absolute atomic E-state index is 0.123. The van der Waals surface area contributed by atoms with E-state index in [2.05, 4.69) is 36.9 Å². The number of hydrogen-bond donors (Lipinski definition) is 3. The van der Waals surface area contributed by atoms with Crippen LogP contribution in [0, 0.1) is 0 Å². The molecule has 28 heavy (non-hydrogen) atoms. The molecule has 0 saturated heterocycles. The largest absolute Gasteiger partial charge is 0.480 e. The van der Waals surface area contributed by atoms with Crippen LogP contribution in [0.15, 0.2) is 0 Å². The Morgan fingerprint density at radius 1 is 0.786 bits per heavy atom. The molecule has 1 amide bonds. The van der Waals surface area contributed by atoms with Crippen LogP contribution in [0.1, 0.15) is 96.3 Å². The maximum absolute atomic E-state index is 11.7. The van der Waals surface area contributed by atoms with Crippen molar-refractivity contribution >= 4 is 24.5 Å². The molecule has 0 aliphatic rings. The molecule has 0 heterocycles. The van der Waals surface area contributed by atoms with Gasteiger partial charge in [0.25, 0.3) is 0 Å². The third-order valence-electron chi connectivity index (χ3n) is 5.08. The fourth-order valence-electron chi connectivity index (χ4n) is 3.29. The van der Waals surface area contributed by atoms with Crippen molar-refractivity contribution in [3.63, 3.8) is 0 Å². The van der Waals surface area contributed by atoms with Crippen molar-refractivity contribution in [1.82, 2.24) is 10.2 Å². The minimum atomic E-state index is -1.02. The van der Waals surface area contributed by atoms with Crippen LogP contribution in [0.4, 0.5) is 0 Å². The molecule has 5 nitrogen and oxygen atoms in total. The van der Waals surface area contributed by atoms with Gasteiger partial charge in [-0.05, 0) is 33.5 Å². The summed E-state index contributed by atoms with van der Waals surface area (Å²) < 4.78 is 0. The summed E-state index contributed by atoms with van der Waals surface area (Å²) in [5.41, 5.74) is 0. The van der Waals surface area contributed by atoms with Crippen molar-refractivity contribution in [3.8, 4) is 0 Å². The van der Waals surface area contributed by atoms with E-state index in [1.807, 2.05) is 0 Å². The number of aliphatic carboxylic acids is 1. The summed E-state index contributed by atoms with van der Waals surface area (Å²) in [6.45, 7) is 1.22. The van der Waals surface area contributed by atoms with Crippen molar-refractivity contribution < 1.29 is 14.7 Å². The maximum Gasteiger partial charge on any atom is 0.327 e. The van der Waals surface area contributed by atoms with Gasteiger partial charge in [0, 0.05) is 12.2 Å². The van der Waals surface area contributed by atoms with E-state index in [0.717, 1.165) is 19.3 Å². The molecule has 166 valence electrons. The average Bonchev–Trinajstić information content (AvgIpc) is 2.65. The molecule has 0 aromatic heterocycles. The van der Waals surface area contributed by atoms with Gasteiger partial charge in [0.2, 0.25) is 5.91 Å². The Kier molecular flexibility index (Phi) is 19.0. The van der Waals surface area contributed by atoms with E-state index in [1.54, 1.807) is 0 Å². The van der Waals surface area contributed by atoms with Gasteiger partial charge >= 0.3 is 5.97 Å². The highest BCUT2D eigenvalue weighted by Crippen LogP contribution is 2.13. The van der Waals surface area contributed by atoms with Gasteiger partial charge in [0.15, 0.2) is 0 Å². The van der Waals surface area contributed by atoms with E-state index >= 15 is 0 Å². The summed E-state index contributed by atoms with van der Waals surface area (Å²) in [5.74, 6) is -1.08. The molecule has 0 aliphatic carbocycles. The van der Waals surface area contributed by atoms with Crippen LogP contribution >= 0.6 is 12.6 Å². The van der Waals surface area contributed by atoms with Gasteiger partial charge in [-0.25, -0.2) is 4.79 Å². The second-order valence-corrected chi connectivity index (χ2v) is 8.51. The van der Waals surface area contributed by atoms with E-state index in [4.69, 9.17) is 5.11 Å². The zero-order valence-electron chi connectivity index (χ0n) is 18.3. The smallest absolute Gasteiger partial charge is 0.327 e. The number of nitrogens with zero attached hydrogens (tertiary/aromatic N) is 1. The highest BCUT2D eigenvalue weighted by Gasteiger charge is 2.17. The summed E-state index contributed by atoms with van der Waals surface area (Å²) in [6.07, 6.45) is 18.3. The van der Waals surface area contributed by atoms with Gasteiger partial charge in [-0.1, -0.05) is 77.0 Å². The predicted molar refractivity (Wildman–Crippen MR) is 121 cm³/mol. The second-order valence-electron chi connectivity index (χ2n) is 8.14. The number of hydrogen-bond acceptors (Lipinski definition) is 4. The zero-order chi connectivity index (χ0) is 21.0. The van der Waals surface area contributed by atoms with Gasteiger partial charge in [0.1, 0.15) is 6.04 Å². The molecular formula is C22H44N2O3S. The average molecular weight is 417 g/mol. The molecule has 0 rings (SSSR count). The Morgan fingerprint density at radius 2 is 1.18 bits per heavy atom. The van der Waals surface area contributed by atoms with Crippen LogP contribution < -0.4 is 5.32 Å². The van der Waals surface area contributed by atoms with Crippen LogP contribution in [0.3, 0.4) is 0 Å². The van der Waals surface area contributed by atoms with E-state index in [9.17, 15) is 9.59 Å². The first-order chi connectivity index (χ1) is 13.5. The maximum atomic E-state index is 11.7. The molecule has 0 fully saturated rings.